The summed E-state index contributed by atoms with van der Waals surface area (Å²) < 4.78 is 5.34. The third kappa shape index (κ3) is 2.95. The number of hydrogen-bond donors (Lipinski definition) is 2. The molecule has 1 aromatic rings. The first-order valence-electron chi connectivity index (χ1n) is 5.51. The fourth-order valence-corrected chi connectivity index (χ4v) is 2.17. The zero-order chi connectivity index (χ0) is 11.4. The van der Waals surface area contributed by atoms with E-state index in [0.717, 1.165) is 18.7 Å². The van der Waals surface area contributed by atoms with Gasteiger partial charge in [-0.2, -0.15) is 0 Å². The highest BCUT2D eigenvalue weighted by Gasteiger charge is 2.19. The highest BCUT2D eigenvalue weighted by atomic mass is 35.5. The number of rotatable bonds is 3. The maximum absolute atomic E-state index is 10.1. The van der Waals surface area contributed by atoms with Crippen molar-refractivity contribution < 1.29 is 9.84 Å². The Morgan fingerprint density at radius 2 is 2.31 bits per heavy atom. The molecular weight excluding hydrogens is 226 g/mol. The Bertz CT molecular complexity index is 340. The van der Waals surface area contributed by atoms with Gasteiger partial charge in [0.15, 0.2) is 0 Å². The van der Waals surface area contributed by atoms with Crippen LogP contribution in [-0.4, -0.2) is 30.9 Å². The first-order valence-corrected chi connectivity index (χ1v) is 5.89. The van der Waals surface area contributed by atoms with Crippen molar-refractivity contribution in [3.05, 3.63) is 34.9 Å². The molecule has 2 N–H and O–H groups in total. The minimum Gasteiger partial charge on any atom is -0.388 e. The molecule has 1 aliphatic heterocycles. The van der Waals surface area contributed by atoms with Crippen LogP contribution >= 0.6 is 11.6 Å². The molecule has 0 bridgehead atoms. The van der Waals surface area contributed by atoms with E-state index in [0.29, 0.717) is 18.1 Å². The zero-order valence-electron chi connectivity index (χ0n) is 9.03. The highest BCUT2D eigenvalue weighted by Crippen LogP contribution is 2.26. The molecule has 0 saturated carbocycles. The lowest BCUT2D eigenvalue weighted by molar-refractivity contribution is 0.0519. The van der Waals surface area contributed by atoms with E-state index in [9.17, 15) is 5.11 Å². The third-order valence-electron chi connectivity index (χ3n) is 2.77. The average Bonchev–Trinajstić information content (AvgIpc) is 2.31. The molecule has 1 fully saturated rings. The van der Waals surface area contributed by atoms with Gasteiger partial charge in [-0.05, 0) is 18.1 Å². The standard InChI is InChI=1S/C12H16ClNO2/c13-11-4-2-1-3-10(11)12(15)7-9-8-16-6-5-14-9/h1-4,9,12,14-15H,5-8H2. The Hall–Kier alpha value is -0.610. The number of nitrogens with one attached hydrogen (secondary N) is 1. The number of ether oxygens (including phenoxy) is 1. The maximum Gasteiger partial charge on any atom is 0.0820 e. The number of aliphatic hydroxyl groups is 1. The Balaban J connectivity index is 1.96. The summed E-state index contributed by atoms with van der Waals surface area (Å²) >= 11 is 6.03. The van der Waals surface area contributed by atoms with Crippen molar-refractivity contribution in [2.45, 2.75) is 18.6 Å². The molecule has 0 aliphatic carbocycles. The van der Waals surface area contributed by atoms with E-state index in [1.807, 2.05) is 18.2 Å². The molecule has 2 atom stereocenters. The second-order valence-corrected chi connectivity index (χ2v) is 4.41. The van der Waals surface area contributed by atoms with Crippen molar-refractivity contribution in [2.75, 3.05) is 19.8 Å². The van der Waals surface area contributed by atoms with Crippen LogP contribution in [0.5, 0.6) is 0 Å². The molecule has 0 radical (unpaired) electrons. The molecule has 2 unspecified atom stereocenters. The summed E-state index contributed by atoms with van der Waals surface area (Å²) in [6.45, 7) is 2.25. The lowest BCUT2D eigenvalue weighted by Crippen LogP contribution is -2.42. The van der Waals surface area contributed by atoms with Gasteiger partial charge in [-0.25, -0.2) is 0 Å². The Kier molecular flexibility index (Phi) is 4.18. The van der Waals surface area contributed by atoms with Crippen LogP contribution in [-0.2, 0) is 4.74 Å². The van der Waals surface area contributed by atoms with Crippen LogP contribution in [0.25, 0.3) is 0 Å². The van der Waals surface area contributed by atoms with Gasteiger partial charge in [-0.15, -0.1) is 0 Å². The van der Waals surface area contributed by atoms with E-state index in [-0.39, 0.29) is 6.04 Å². The maximum atomic E-state index is 10.1. The van der Waals surface area contributed by atoms with Crippen LogP contribution in [0, 0.1) is 0 Å². The predicted octanol–water partition coefficient (Wildman–Crippen LogP) is 1.75. The minimum absolute atomic E-state index is 0.208. The van der Waals surface area contributed by atoms with E-state index in [1.54, 1.807) is 6.07 Å². The van der Waals surface area contributed by atoms with Gasteiger partial charge in [-0.1, -0.05) is 29.8 Å². The summed E-state index contributed by atoms with van der Waals surface area (Å²) in [5.41, 5.74) is 0.788. The number of aliphatic hydroxyl groups excluding tert-OH is 1. The highest BCUT2D eigenvalue weighted by molar-refractivity contribution is 6.31. The number of halogens is 1. The van der Waals surface area contributed by atoms with E-state index in [4.69, 9.17) is 16.3 Å². The lowest BCUT2D eigenvalue weighted by atomic mass is 10.0. The van der Waals surface area contributed by atoms with Crippen LogP contribution in [0.15, 0.2) is 24.3 Å². The summed E-state index contributed by atoms with van der Waals surface area (Å²) in [6.07, 6.45) is 0.0944. The molecule has 1 saturated heterocycles. The van der Waals surface area contributed by atoms with Crippen molar-refractivity contribution in [3.63, 3.8) is 0 Å². The van der Waals surface area contributed by atoms with Crippen LogP contribution in [0.2, 0.25) is 5.02 Å². The van der Waals surface area contributed by atoms with Gasteiger partial charge >= 0.3 is 0 Å². The van der Waals surface area contributed by atoms with Crippen molar-refractivity contribution in [2.24, 2.45) is 0 Å². The Morgan fingerprint density at radius 1 is 1.50 bits per heavy atom. The molecule has 4 heteroatoms. The fraction of sp³-hybridized carbons (Fsp3) is 0.500. The Labute approximate surface area is 100 Å². The van der Waals surface area contributed by atoms with Crippen molar-refractivity contribution >= 4 is 11.6 Å². The van der Waals surface area contributed by atoms with Gasteiger partial charge in [0.1, 0.15) is 0 Å². The van der Waals surface area contributed by atoms with Gasteiger partial charge in [0.05, 0.1) is 19.3 Å². The normalized spacial score (nSPS) is 23.0. The van der Waals surface area contributed by atoms with E-state index < -0.39 is 6.10 Å². The van der Waals surface area contributed by atoms with Crippen molar-refractivity contribution in [1.29, 1.82) is 0 Å². The monoisotopic (exact) mass is 241 g/mol. The summed E-state index contributed by atoms with van der Waals surface area (Å²) in [6, 6.07) is 7.61. The number of benzene rings is 1. The molecule has 2 rings (SSSR count). The molecule has 88 valence electrons. The van der Waals surface area contributed by atoms with E-state index >= 15 is 0 Å². The van der Waals surface area contributed by atoms with Gasteiger partial charge in [0.25, 0.3) is 0 Å². The van der Waals surface area contributed by atoms with Gasteiger partial charge < -0.3 is 15.2 Å². The molecular formula is C12H16ClNO2. The van der Waals surface area contributed by atoms with Gasteiger partial charge in [-0.3, -0.25) is 0 Å². The molecule has 1 aromatic carbocycles. The summed E-state index contributed by atoms with van der Waals surface area (Å²) in [5, 5.41) is 14.0. The summed E-state index contributed by atoms with van der Waals surface area (Å²) in [5.74, 6) is 0. The minimum atomic E-state index is -0.534. The molecule has 16 heavy (non-hydrogen) atoms. The zero-order valence-corrected chi connectivity index (χ0v) is 9.78. The van der Waals surface area contributed by atoms with E-state index in [2.05, 4.69) is 5.32 Å². The van der Waals surface area contributed by atoms with E-state index in [1.165, 1.54) is 0 Å². The second-order valence-electron chi connectivity index (χ2n) is 4.00. The van der Waals surface area contributed by atoms with Gasteiger partial charge in [0, 0.05) is 17.6 Å². The summed E-state index contributed by atoms with van der Waals surface area (Å²) in [7, 11) is 0. The smallest absolute Gasteiger partial charge is 0.0820 e. The number of hydrogen-bond acceptors (Lipinski definition) is 3. The third-order valence-corrected chi connectivity index (χ3v) is 3.11. The molecule has 1 aliphatic rings. The van der Waals surface area contributed by atoms with Crippen LogP contribution < -0.4 is 5.32 Å². The average molecular weight is 242 g/mol. The van der Waals surface area contributed by atoms with Crippen LogP contribution in [0.4, 0.5) is 0 Å². The number of morpholine rings is 1. The summed E-state index contributed by atoms with van der Waals surface area (Å²) in [4.78, 5) is 0. The molecule has 3 nitrogen and oxygen atoms in total. The molecule has 0 amide bonds. The quantitative estimate of drug-likeness (QED) is 0.847. The van der Waals surface area contributed by atoms with Crippen molar-refractivity contribution in [3.8, 4) is 0 Å². The first kappa shape index (κ1) is 11.9. The van der Waals surface area contributed by atoms with Gasteiger partial charge in [0.2, 0.25) is 0 Å². The lowest BCUT2D eigenvalue weighted by Gasteiger charge is -2.26. The largest absolute Gasteiger partial charge is 0.388 e. The first-order chi connectivity index (χ1) is 7.77. The fourth-order valence-electron chi connectivity index (χ4n) is 1.91. The van der Waals surface area contributed by atoms with Crippen molar-refractivity contribution in [1.82, 2.24) is 5.32 Å². The molecule has 1 heterocycles. The predicted molar refractivity (Wildman–Crippen MR) is 63.6 cm³/mol. The Morgan fingerprint density at radius 3 is 3.00 bits per heavy atom. The molecule has 0 spiro atoms. The SMILES string of the molecule is OC(CC1COCCN1)c1ccccc1Cl. The second kappa shape index (κ2) is 5.64. The van der Waals surface area contributed by atoms with Crippen LogP contribution in [0.1, 0.15) is 18.1 Å². The van der Waals surface area contributed by atoms with Crippen LogP contribution in [0.3, 0.4) is 0 Å². The molecule has 0 aromatic heterocycles. The topological polar surface area (TPSA) is 41.5 Å².